The topological polar surface area (TPSA) is 42.2 Å². The van der Waals surface area contributed by atoms with Crippen molar-refractivity contribution in [1.29, 1.82) is 0 Å². The quantitative estimate of drug-likeness (QED) is 0.863. The molecule has 0 atom stereocenters. The number of likely N-dealkylation sites (tertiary alicyclic amines) is 1. The summed E-state index contributed by atoms with van der Waals surface area (Å²) in [5.74, 6) is 1.33. The Labute approximate surface area is 126 Å². The first-order valence-electron chi connectivity index (χ1n) is 7.68. The van der Waals surface area contributed by atoms with Crippen LogP contribution in [0.15, 0.2) is 28.7 Å². The molecule has 3 rings (SSSR count). The maximum Gasteiger partial charge on any atom is 0.247 e. The van der Waals surface area contributed by atoms with E-state index in [4.69, 9.17) is 4.42 Å². The molecule has 4 nitrogen and oxygen atoms in total. The molecule has 0 N–H and O–H groups in total. The van der Waals surface area contributed by atoms with E-state index in [-0.39, 0.29) is 5.41 Å². The highest BCUT2D eigenvalue weighted by atomic mass is 16.4. The van der Waals surface area contributed by atoms with Gasteiger partial charge in [-0.3, -0.25) is 4.90 Å². The lowest BCUT2D eigenvalue weighted by molar-refractivity contribution is 0.292. The third kappa shape index (κ3) is 3.32. The summed E-state index contributed by atoms with van der Waals surface area (Å²) in [4.78, 5) is 2.36. The van der Waals surface area contributed by atoms with E-state index in [1.807, 2.05) is 0 Å². The molecule has 1 aromatic carbocycles. The van der Waals surface area contributed by atoms with Crippen LogP contribution in [-0.2, 0) is 12.0 Å². The molecular formula is C17H23N3O. The fraction of sp³-hybridized carbons (Fsp3) is 0.529. The molecule has 1 aliphatic rings. The van der Waals surface area contributed by atoms with Crippen molar-refractivity contribution in [2.45, 2.75) is 45.6 Å². The van der Waals surface area contributed by atoms with Crippen LogP contribution in [0.5, 0.6) is 0 Å². The molecule has 2 aromatic rings. The highest BCUT2D eigenvalue weighted by Gasteiger charge is 2.17. The van der Waals surface area contributed by atoms with Crippen LogP contribution in [0, 0.1) is 0 Å². The molecule has 0 radical (unpaired) electrons. The highest BCUT2D eigenvalue weighted by Crippen LogP contribution is 2.25. The normalized spacial score (nSPS) is 16.5. The van der Waals surface area contributed by atoms with Gasteiger partial charge in [-0.25, -0.2) is 0 Å². The lowest BCUT2D eigenvalue weighted by Crippen LogP contribution is -2.18. The molecule has 0 amide bonds. The summed E-state index contributed by atoms with van der Waals surface area (Å²) in [7, 11) is 0. The average molecular weight is 285 g/mol. The Bertz CT molecular complexity index is 589. The predicted octanol–water partition coefficient (Wildman–Crippen LogP) is 3.63. The largest absolute Gasteiger partial charge is 0.419 e. The van der Waals surface area contributed by atoms with Gasteiger partial charge in [0, 0.05) is 5.56 Å². The first kappa shape index (κ1) is 14.3. The minimum absolute atomic E-state index is 0.161. The van der Waals surface area contributed by atoms with Crippen molar-refractivity contribution in [3.05, 3.63) is 35.7 Å². The lowest BCUT2D eigenvalue weighted by Gasteiger charge is -2.18. The number of nitrogens with zero attached hydrogens (tertiary/aromatic N) is 3. The first-order valence-corrected chi connectivity index (χ1v) is 7.68. The molecule has 0 aliphatic carbocycles. The van der Waals surface area contributed by atoms with Gasteiger partial charge in [-0.05, 0) is 49.0 Å². The Morgan fingerprint density at radius 3 is 2.33 bits per heavy atom. The van der Waals surface area contributed by atoms with Gasteiger partial charge in [0.1, 0.15) is 0 Å². The van der Waals surface area contributed by atoms with Gasteiger partial charge in [0.25, 0.3) is 0 Å². The van der Waals surface area contributed by atoms with Gasteiger partial charge >= 0.3 is 0 Å². The minimum Gasteiger partial charge on any atom is -0.419 e. The van der Waals surface area contributed by atoms with Crippen LogP contribution in [0.1, 0.15) is 45.1 Å². The van der Waals surface area contributed by atoms with Crippen molar-refractivity contribution < 1.29 is 4.42 Å². The van der Waals surface area contributed by atoms with Crippen molar-refractivity contribution >= 4 is 0 Å². The third-order valence-electron chi connectivity index (χ3n) is 4.02. The van der Waals surface area contributed by atoms with Crippen LogP contribution in [0.3, 0.4) is 0 Å². The van der Waals surface area contributed by atoms with Gasteiger partial charge in [0.05, 0.1) is 6.54 Å². The van der Waals surface area contributed by atoms with Crippen LogP contribution in [0.25, 0.3) is 11.5 Å². The zero-order valence-electron chi connectivity index (χ0n) is 13.1. The molecular weight excluding hydrogens is 262 g/mol. The van der Waals surface area contributed by atoms with Gasteiger partial charge in [0.2, 0.25) is 11.8 Å². The second-order valence-corrected chi connectivity index (χ2v) is 6.81. The van der Waals surface area contributed by atoms with Crippen LogP contribution >= 0.6 is 0 Å². The van der Waals surface area contributed by atoms with Gasteiger partial charge in [-0.15, -0.1) is 10.2 Å². The van der Waals surface area contributed by atoms with E-state index in [0.29, 0.717) is 11.8 Å². The average Bonchev–Trinajstić information content (AvgIpc) is 3.10. The lowest BCUT2D eigenvalue weighted by atomic mass is 9.87. The predicted molar refractivity (Wildman–Crippen MR) is 82.9 cm³/mol. The van der Waals surface area contributed by atoms with Gasteiger partial charge < -0.3 is 4.42 Å². The maximum absolute atomic E-state index is 5.79. The van der Waals surface area contributed by atoms with Gasteiger partial charge in [-0.2, -0.15) is 0 Å². The molecule has 0 saturated carbocycles. The summed E-state index contributed by atoms with van der Waals surface area (Å²) in [5, 5.41) is 8.35. The zero-order valence-corrected chi connectivity index (χ0v) is 13.1. The van der Waals surface area contributed by atoms with E-state index < -0.39 is 0 Å². The van der Waals surface area contributed by atoms with Crippen molar-refractivity contribution in [2.24, 2.45) is 0 Å². The molecule has 1 saturated heterocycles. The number of hydrogen-bond donors (Lipinski definition) is 0. The Hall–Kier alpha value is -1.68. The van der Waals surface area contributed by atoms with Crippen LogP contribution in [0.4, 0.5) is 0 Å². The van der Waals surface area contributed by atoms with Gasteiger partial charge in [0.15, 0.2) is 0 Å². The van der Waals surface area contributed by atoms with E-state index >= 15 is 0 Å². The van der Waals surface area contributed by atoms with Crippen LogP contribution < -0.4 is 0 Å². The Balaban J connectivity index is 1.73. The maximum atomic E-state index is 5.79. The number of hydrogen-bond acceptors (Lipinski definition) is 4. The molecule has 0 bridgehead atoms. The molecule has 2 heterocycles. The van der Waals surface area contributed by atoms with Gasteiger partial charge in [-0.1, -0.05) is 32.9 Å². The van der Waals surface area contributed by atoms with E-state index in [2.05, 4.69) is 60.1 Å². The number of aromatic nitrogens is 2. The van der Waals surface area contributed by atoms with Crippen molar-refractivity contribution in [2.75, 3.05) is 13.1 Å². The van der Waals surface area contributed by atoms with E-state index in [1.165, 1.54) is 18.4 Å². The summed E-state index contributed by atoms with van der Waals surface area (Å²) in [5.41, 5.74) is 2.46. The standard InChI is InChI=1S/C17H23N3O/c1-17(2,3)14-8-6-13(7-9-14)16-19-18-15(21-16)12-20-10-4-5-11-20/h6-9H,4-5,10-12H2,1-3H3. The fourth-order valence-corrected chi connectivity index (χ4v) is 2.68. The van der Waals surface area contributed by atoms with E-state index in [0.717, 1.165) is 25.2 Å². The number of benzene rings is 1. The van der Waals surface area contributed by atoms with Crippen LogP contribution in [-0.4, -0.2) is 28.2 Å². The Morgan fingerprint density at radius 1 is 1.05 bits per heavy atom. The smallest absolute Gasteiger partial charge is 0.247 e. The van der Waals surface area contributed by atoms with Crippen molar-refractivity contribution in [3.8, 4) is 11.5 Å². The van der Waals surface area contributed by atoms with E-state index in [9.17, 15) is 0 Å². The van der Waals surface area contributed by atoms with Crippen molar-refractivity contribution in [1.82, 2.24) is 15.1 Å². The third-order valence-corrected chi connectivity index (χ3v) is 4.02. The summed E-state index contributed by atoms with van der Waals surface area (Å²) in [6.45, 7) is 9.68. The SMILES string of the molecule is CC(C)(C)c1ccc(-c2nnc(CN3CCCC3)o2)cc1. The first-order chi connectivity index (χ1) is 10.0. The second kappa shape index (κ2) is 5.60. The summed E-state index contributed by atoms with van der Waals surface area (Å²) in [6.07, 6.45) is 2.55. The summed E-state index contributed by atoms with van der Waals surface area (Å²) < 4.78 is 5.79. The second-order valence-electron chi connectivity index (χ2n) is 6.81. The number of rotatable bonds is 3. The molecule has 1 aromatic heterocycles. The summed E-state index contributed by atoms with van der Waals surface area (Å²) >= 11 is 0. The Kier molecular flexibility index (Phi) is 3.81. The van der Waals surface area contributed by atoms with E-state index in [1.54, 1.807) is 0 Å². The molecule has 0 unspecified atom stereocenters. The summed E-state index contributed by atoms with van der Waals surface area (Å²) in [6, 6.07) is 8.40. The Morgan fingerprint density at radius 2 is 1.71 bits per heavy atom. The van der Waals surface area contributed by atoms with Crippen LogP contribution in [0.2, 0.25) is 0 Å². The molecule has 1 aliphatic heterocycles. The van der Waals surface area contributed by atoms with Crippen molar-refractivity contribution in [3.63, 3.8) is 0 Å². The molecule has 21 heavy (non-hydrogen) atoms. The molecule has 112 valence electrons. The molecule has 0 spiro atoms. The molecule has 1 fully saturated rings. The zero-order chi connectivity index (χ0) is 14.9. The highest BCUT2D eigenvalue weighted by molar-refractivity contribution is 5.53. The monoisotopic (exact) mass is 285 g/mol. The minimum atomic E-state index is 0.161. The fourth-order valence-electron chi connectivity index (χ4n) is 2.68. The molecule has 4 heteroatoms.